The number of nitrogens with one attached hydrogen (secondary N) is 2. The molecule has 20 heavy (non-hydrogen) atoms. The Balaban J connectivity index is 1.97. The van der Waals surface area contributed by atoms with Crippen molar-refractivity contribution in [3.63, 3.8) is 0 Å². The number of hydrogen-bond donors (Lipinski definition) is 3. The molecule has 0 aliphatic heterocycles. The van der Waals surface area contributed by atoms with Crippen LogP contribution >= 0.6 is 35.4 Å². The van der Waals surface area contributed by atoms with Gasteiger partial charge in [-0.05, 0) is 31.0 Å². The molecule has 108 valence electrons. The van der Waals surface area contributed by atoms with Crippen LogP contribution in [-0.2, 0) is 0 Å². The summed E-state index contributed by atoms with van der Waals surface area (Å²) in [7, 11) is 0. The Hall–Kier alpha value is -1.04. The molecule has 0 aromatic heterocycles. The number of benzene rings is 1. The lowest BCUT2D eigenvalue weighted by molar-refractivity contribution is 0.247. The molecule has 1 fully saturated rings. The number of carbonyl (C=O) groups is 1. The van der Waals surface area contributed by atoms with E-state index in [1.54, 1.807) is 18.2 Å². The number of nitrogens with two attached hydrogens (primary N) is 1. The summed E-state index contributed by atoms with van der Waals surface area (Å²) in [6.45, 7) is 0. The number of anilines is 1. The summed E-state index contributed by atoms with van der Waals surface area (Å²) in [4.78, 5) is 12.4. The van der Waals surface area contributed by atoms with E-state index in [1.807, 2.05) is 0 Å². The highest BCUT2D eigenvalue weighted by Crippen LogP contribution is 2.26. The van der Waals surface area contributed by atoms with Crippen molar-refractivity contribution in [3.8, 4) is 0 Å². The van der Waals surface area contributed by atoms with Gasteiger partial charge in [0.15, 0.2) is 0 Å². The van der Waals surface area contributed by atoms with Gasteiger partial charge in [-0.3, -0.25) is 0 Å². The van der Waals surface area contributed by atoms with Gasteiger partial charge >= 0.3 is 6.03 Å². The van der Waals surface area contributed by atoms with E-state index < -0.39 is 0 Å². The third-order valence-electron chi connectivity index (χ3n) is 3.32. The number of halogens is 2. The molecule has 4 N–H and O–H groups in total. The van der Waals surface area contributed by atoms with E-state index in [2.05, 4.69) is 10.6 Å². The van der Waals surface area contributed by atoms with Crippen molar-refractivity contribution in [2.24, 2.45) is 11.7 Å². The Bertz CT molecular complexity index is 518. The zero-order valence-electron chi connectivity index (χ0n) is 10.7. The molecule has 4 nitrogen and oxygen atoms in total. The zero-order chi connectivity index (χ0) is 14.7. The summed E-state index contributed by atoms with van der Waals surface area (Å²) in [6, 6.07) is 4.55. The van der Waals surface area contributed by atoms with E-state index in [9.17, 15) is 4.79 Å². The summed E-state index contributed by atoms with van der Waals surface area (Å²) in [5.74, 6) is 0.0682. The summed E-state index contributed by atoms with van der Waals surface area (Å²) >= 11 is 16.8. The van der Waals surface area contributed by atoms with E-state index in [4.69, 9.17) is 41.2 Å². The molecule has 1 aliphatic rings. The van der Waals surface area contributed by atoms with Crippen LogP contribution in [0.15, 0.2) is 18.2 Å². The number of rotatable bonds is 3. The molecule has 0 bridgehead atoms. The fourth-order valence-electron chi connectivity index (χ4n) is 2.43. The fourth-order valence-corrected chi connectivity index (χ4v) is 3.24. The standard InChI is InChI=1S/C13H15Cl2N3OS/c14-7-4-8(15)6-9(5-7)17-13(19)18-11-3-1-2-10(11)12(16)20/h4-6,10-11H,1-3H2,(H2,16,20)(H2,17,18,19). The van der Waals surface area contributed by atoms with Crippen molar-refractivity contribution in [2.45, 2.75) is 25.3 Å². The molecule has 1 aliphatic carbocycles. The fraction of sp³-hybridized carbons (Fsp3) is 0.385. The van der Waals surface area contributed by atoms with Crippen molar-refractivity contribution >= 4 is 52.1 Å². The van der Waals surface area contributed by atoms with Crippen LogP contribution < -0.4 is 16.4 Å². The van der Waals surface area contributed by atoms with Gasteiger partial charge in [-0.25, -0.2) is 4.79 Å². The maximum atomic E-state index is 12.0. The van der Waals surface area contributed by atoms with Gasteiger partial charge in [-0.2, -0.15) is 0 Å². The van der Waals surface area contributed by atoms with Gasteiger partial charge in [-0.15, -0.1) is 0 Å². The second-order valence-electron chi connectivity index (χ2n) is 4.80. The minimum atomic E-state index is -0.309. The number of urea groups is 1. The Kier molecular flexibility index (Phi) is 5.07. The molecule has 1 aromatic rings. The highest BCUT2D eigenvalue weighted by molar-refractivity contribution is 7.80. The maximum absolute atomic E-state index is 12.0. The Morgan fingerprint density at radius 3 is 2.50 bits per heavy atom. The molecule has 2 rings (SSSR count). The first-order valence-corrected chi connectivity index (χ1v) is 7.45. The van der Waals surface area contributed by atoms with Crippen LogP contribution in [-0.4, -0.2) is 17.1 Å². The molecule has 1 aromatic carbocycles. The number of carbonyl (C=O) groups excluding carboxylic acids is 1. The van der Waals surface area contributed by atoms with Crippen LogP contribution in [0, 0.1) is 5.92 Å². The first-order chi connectivity index (χ1) is 9.45. The molecule has 1 saturated carbocycles. The largest absolute Gasteiger partial charge is 0.393 e. The molecule has 0 radical (unpaired) electrons. The van der Waals surface area contributed by atoms with Gasteiger partial charge in [0.2, 0.25) is 0 Å². The average molecular weight is 332 g/mol. The van der Waals surface area contributed by atoms with E-state index in [0.717, 1.165) is 19.3 Å². The smallest absolute Gasteiger partial charge is 0.319 e. The minimum absolute atomic E-state index is 0.0119. The minimum Gasteiger partial charge on any atom is -0.393 e. The van der Waals surface area contributed by atoms with E-state index in [-0.39, 0.29) is 18.0 Å². The summed E-state index contributed by atoms with van der Waals surface area (Å²) in [5, 5.41) is 6.54. The van der Waals surface area contributed by atoms with Gasteiger partial charge in [0.05, 0.1) is 4.99 Å². The Morgan fingerprint density at radius 2 is 1.90 bits per heavy atom. The highest BCUT2D eigenvalue weighted by atomic mass is 35.5. The predicted molar refractivity (Wildman–Crippen MR) is 86.5 cm³/mol. The van der Waals surface area contributed by atoms with Crippen LogP contribution in [0.25, 0.3) is 0 Å². The monoisotopic (exact) mass is 331 g/mol. The second kappa shape index (κ2) is 6.61. The molecule has 2 atom stereocenters. The summed E-state index contributed by atoms with van der Waals surface area (Å²) in [6.07, 6.45) is 2.81. The summed E-state index contributed by atoms with van der Waals surface area (Å²) < 4.78 is 0. The topological polar surface area (TPSA) is 67.1 Å². The van der Waals surface area contributed by atoms with E-state index >= 15 is 0 Å². The number of thiocarbonyl (C=S) groups is 1. The number of amides is 2. The third-order valence-corrected chi connectivity index (χ3v) is 4.06. The van der Waals surface area contributed by atoms with Gasteiger partial charge in [-0.1, -0.05) is 41.8 Å². The van der Waals surface area contributed by atoms with Crippen LogP contribution in [0.1, 0.15) is 19.3 Å². The van der Waals surface area contributed by atoms with E-state index in [0.29, 0.717) is 20.7 Å². The molecule has 7 heteroatoms. The average Bonchev–Trinajstić information content (AvgIpc) is 2.75. The van der Waals surface area contributed by atoms with Gasteiger partial charge in [0.1, 0.15) is 0 Å². The SMILES string of the molecule is NC(=S)C1CCCC1NC(=O)Nc1cc(Cl)cc(Cl)c1. The number of hydrogen-bond acceptors (Lipinski definition) is 2. The molecule has 2 amide bonds. The van der Waals surface area contributed by atoms with Crippen molar-refractivity contribution in [3.05, 3.63) is 28.2 Å². The molecule has 2 unspecified atom stereocenters. The normalized spacial score (nSPS) is 21.5. The molecule has 0 spiro atoms. The molecule has 0 heterocycles. The van der Waals surface area contributed by atoms with Crippen molar-refractivity contribution in [2.75, 3.05) is 5.32 Å². The highest BCUT2D eigenvalue weighted by Gasteiger charge is 2.30. The third kappa shape index (κ3) is 3.98. The van der Waals surface area contributed by atoms with Crippen LogP contribution in [0.2, 0.25) is 10.0 Å². The molecular formula is C13H15Cl2N3OS. The quantitative estimate of drug-likeness (QED) is 0.741. The van der Waals surface area contributed by atoms with Crippen molar-refractivity contribution in [1.82, 2.24) is 5.32 Å². The Labute approximate surface area is 133 Å². The van der Waals surface area contributed by atoms with Gasteiger partial charge in [0, 0.05) is 27.7 Å². The van der Waals surface area contributed by atoms with Crippen LogP contribution in [0.4, 0.5) is 10.5 Å². The van der Waals surface area contributed by atoms with Crippen LogP contribution in [0.5, 0.6) is 0 Å². The first kappa shape index (κ1) is 15.4. The lowest BCUT2D eigenvalue weighted by Crippen LogP contribution is -2.43. The lowest BCUT2D eigenvalue weighted by Gasteiger charge is -2.20. The van der Waals surface area contributed by atoms with Crippen molar-refractivity contribution < 1.29 is 4.79 Å². The second-order valence-corrected chi connectivity index (χ2v) is 6.15. The lowest BCUT2D eigenvalue weighted by atomic mass is 10.0. The maximum Gasteiger partial charge on any atom is 0.319 e. The predicted octanol–water partition coefficient (Wildman–Crippen LogP) is 3.57. The van der Waals surface area contributed by atoms with Gasteiger partial charge in [0.25, 0.3) is 0 Å². The van der Waals surface area contributed by atoms with Gasteiger partial charge < -0.3 is 16.4 Å². The molecule has 0 saturated heterocycles. The molecular weight excluding hydrogens is 317 g/mol. The van der Waals surface area contributed by atoms with E-state index in [1.165, 1.54) is 0 Å². The Morgan fingerprint density at radius 1 is 1.25 bits per heavy atom. The summed E-state index contributed by atoms with van der Waals surface area (Å²) in [5.41, 5.74) is 6.23. The first-order valence-electron chi connectivity index (χ1n) is 6.28. The zero-order valence-corrected chi connectivity index (χ0v) is 13.0. The van der Waals surface area contributed by atoms with Crippen molar-refractivity contribution in [1.29, 1.82) is 0 Å². The van der Waals surface area contributed by atoms with Crippen LogP contribution in [0.3, 0.4) is 0 Å².